The fourth-order valence-electron chi connectivity index (χ4n) is 6.02. The van der Waals surface area contributed by atoms with E-state index in [9.17, 15) is 9.18 Å². The van der Waals surface area contributed by atoms with Crippen LogP contribution < -0.4 is 4.74 Å². The number of amides is 1. The summed E-state index contributed by atoms with van der Waals surface area (Å²) in [5, 5.41) is 1.17. The van der Waals surface area contributed by atoms with Gasteiger partial charge in [-0.3, -0.25) is 4.79 Å². The third kappa shape index (κ3) is 5.04. The van der Waals surface area contributed by atoms with Gasteiger partial charge in [-0.1, -0.05) is 30.2 Å². The van der Waals surface area contributed by atoms with Crippen molar-refractivity contribution in [3.63, 3.8) is 0 Å². The zero-order valence-corrected chi connectivity index (χ0v) is 22.7. The fourth-order valence-corrected chi connectivity index (χ4v) is 6.23. The predicted molar refractivity (Wildman–Crippen MR) is 145 cm³/mol. The lowest BCUT2D eigenvalue weighted by Gasteiger charge is -2.41. The summed E-state index contributed by atoms with van der Waals surface area (Å²) in [5.74, 6) is 0.218. The number of rotatable bonds is 5. The molecule has 3 heterocycles. The monoisotopic (exact) mass is 540 g/mol. The summed E-state index contributed by atoms with van der Waals surface area (Å²) in [5.41, 5.74) is 1.82. The first-order chi connectivity index (χ1) is 18.4. The highest BCUT2D eigenvalue weighted by Crippen LogP contribution is 2.41. The Morgan fingerprint density at radius 3 is 2.34 bits per heavy atom. The van der Waals surface area contributed by atoms with Crippen LogP contribution in [-0.2, 0) is 4.74 Å². The second-order valence-electron chi connectivity index (χ2n) is 11.0. The van der Waals surface area contributed by atoms with Crippen LogP contribution in [0.25, 0.3) is 22.1 Å². The Morgan fingerprint density at radius 2 is 1.71 bits per heavy atom. The maximum absolute atomic E-state index is 13.8. The highest BCUT2D eigenvalue weighted by molar-refractivity contribution is 6.33. The van der Waals surface area contributed by atoms with Gasteiger partial charge in [-0.05, 0) is 63.3 Å². The molecular formula is C30H34ClFN2O4. The van der Waals surface area contributed by atoms with Crippen LogP contribution in [0.1, 0.15) is 56.5 Å². The van der Waals surface area contributed by atoms with Crippen LogP contribution in [0.5, 0.6) is 5.75 Å². The van der Waals surface area contributed by atoms with E-state index in [1.165, 1.54) is 31.4 Å². The van der Waals surface area contributed by atoms with Crippen molar-refractivity contribution in [1.29, 1.82) is 0 Å². The van der Waals surface area contributed by atoms with Gasteiger partial charge in [0, 0.05) is 49.2 Å². The largest absolute Gasteiger partial charge is 0.489 e. The minimum atomic E-state index is -0.345. The van der Waals surface area contributed by atoms with Crippen LogP contribution in [0.3, 0.4) is 0 Å². The Bertz CT molecular complexity index is 1300. The summed E-state index contributed by atoms with van der Waals surface area (Å²) in [6.07, 6.45) is 5.82. The van der Waals surface area contributed by atoms with Crippen molar-refractivity contribution in [2.24, 2.45) is 0 Å². The number of carbonyl (C=O) groups is 1. The Labute approximate surface area is 227 Å². The molecule has 0 bridgehead atoms. The quantitative estimate of drug-likeness (QED) is 0.368. The third-order valence-corrected chi connectivity index (χ3v) is 8.43. The number of piperidine rings is 1. The zero-order chi connectivity index (χ0) is 26.4. The van der Waals surface area contributed by atoms with Crippen molar-refractivity contribution in [1.82, 2.24) is 9.80 Å². The van der Waals surface area contributed by atoms with E-state index in [2.05, 4.69) is 4.90 Å². The number of hydrogen-bond donors (Lipinski definition) is 0. The molecule has 1 aromatic heterocycles. The van der Waals surface area contributed by atoms with Crippen LogP contribution >= 0.6 is 11.6 Å². The molecule has 202 valence electrons. The van der Waals surface area contributed by atoms with Gasteiger partial charge in [0.2, 0.25) is 5.76 Å². The Balaban J connectivity index is 1.32. The summed E-state index contributed by atoms with van der Waals surface area (Å²) >= 11 is 6.74. The van der Waals surface area contributed by atoms with E-state index in [-0.39, 0.29) is 35.8 Å². The van der Waals surface area contributed by atoms with Gasteiger partial charge < -0.3 is 23.7 Å². The first kappa shape index (κ1) is 25.7. The second kappa shape index (κ2) is 10.5. The molecule has 1 saturated carbocycles. The van der Waals surface area contributed by atoms with Gasteiger partial charge in [0.05, 0.1) is 17.2 Å². The van der Waals surface area contributed by atoms with Gasteiger partial charge in [0.25, 0.3) is 5.91 Å². The molecule has 2 saturated heterocycles. The number of carbonyl (C=O) groups excluding carboxylic acids is 1. The zero-order valence-electron chi connectivity index (χ0n) is 21.9. The Morgan fingerprint density at radius 1 is 1.03 bits per heavy atom. The molecule has 3 aromatic rings. The second-order valence-corrected chi connectivity index (χ2v) is 11.4. The van der Waals surface area contributed by atoms with Crippen LogP contribution in [0.2, 0.25) is 5.02 Å². The van der Waals surface area contributed by atoms with Crippen molar-refractivity contribution >= 4 is 28.5 Å². The average molecular weight is 541 g/mol. The topological polar surface area (TPSA) is 55.2 Å². The Hall–Kier alpha value is -2.61. The number of fused-ring (bicyclic) bond motifs is 1. The molecule has 0 unspecified atom stereocenters. The van der Waals surface area contributed by atoms with Gasteiger partial charge in [0.15, 0.2) is 0 Å². The molecule has 1 amide bonds. The minimum absolute atomic E-state index is 0.0773. The van der Waals surface area contributed by atoms with Gasteiger partial charge in [-0.15, -0.1) is 0 Å². The number of ether oxygens (including phenoxy) is 2. The molecule has 6 rings (SSSR count). The summed E-state index contributed by atoms with van der Waals surface area (Å²) in [6.45, 7) is 6.93. The first-order valence-electron chi connectivity index (χ1n) is 13.7. The van der Waals surface area contributed by atoms with Crippen molar-refractivity contribution in [3.8, 4) is 16.9 Å². The Kier molecular flexibility index (Phi) is 7.10. The summed E-state index contributed by atoms with van der Waals surface area (Å²) in [7, 11) is 0. The van der Waals surface area contributed by atoms with Crippen LogP contribution in [-0.4, -0.2) is 66.2 Å². The minimum Gasteiger partial charge on any atom is -0.489 e. The lowest BCUT2D eigenvalue weighted by molar-refractivity contribution is -0.0591. The molecule has 6 nitrogen and oxygen atoms in total. The lowest BCUT2D eigenvalue weighted by Crippen LogP contribution is -2.48. The van der Waals surface area contributed by atoms with Crippen molar-refractivity contribution in [2.75, 3.05) is 26.2 Å². The molecule has 38 heavy (non-hydrogen) atoms. The molecule has 0 spiro atoms. The molecule has 8 heteroatoms. The SMILES string of the molecule is C[C@@H]1CN(C(=O)c2oc3cc(OC4CCN(C5CCC5)CC4)c(Cl)cc3c2-c2ccc(F)cc2)C[C@H](C)O1. The lowest BCUT2D eigenvalue weighted by atomic mass is 9.90. The molecule has 3 aliphatic rings. The van der Waals surface area contributed by atoms with Crippen molar-refractivity contribution in [2.45, 2.75) is 70.3 Å². The van der Waals surface area contributed by atoms with E-state index >= 15 is 0 Å². The van der Waals surface area contributed by atoms with Crippen LogP contribution in [0.4, 0.5) is 4.39 Å². The van der Waals surface area contributed by atoms with Crippen LogP contribution in [0.15, 0.2) is 40.8 Å². The highest BCUT2D eigenvalue weighted by Gasteiger charge is 2.33. The van der Waals surface area contributed by atoms with E-state index in [1.54, 1.807) is 29.2 Å². The van der Waals surface area contributed by atoms with Gasteiger partial charge >= 0.3 is 0 Å². The smallest absolute Gasteiger partial charge is 0.290 e. The number of likely N-dealkylation sites (tertiary alicyclic amines) is 1. The number of hydrogen-bond acceptors (Lipinski definition) is 5. The van der Waals surface area contributed by atoms with Gasteiger partial charge in [-0.2, -0.15) is 0 Å². The number of nitrogens with zero attached hydrogens (tertiary/aromatic N) is 2. The fraction of sp³-hybridized carbons (Fsp3) is 0.500. The molecule has 0 N–H and O–H groups in total. The summed E-state index contributed by atoms with van der Waals surface area (Å²) in [4.78, 5) is 18.1. The maximum Gasteiger partial charge on any atom is 0.290 e. The molecule has 2 aromatic carbocycles. The number of benzene rings is 2. The molecule has 0 radical (unpaired) electrons. The molecule has 1 aliphatic carbocycles. The van der Waals surface area contributed by atoms with E-state index in [4.69, 9.17) is 25.5 Å². The van der Waals surface area contributed by atoms with Crippen molar-refractivity contribution < 1.29 is 23.1 Å². The maximum atomic E-state index is 13.8. The van der Waals surface area contributed by atoms with E-state index in [1.807, 2.05) is 13.8 Å². The average Bonchev–Trinajstić information content (AvgIpc) is 3.22. The summed E-state index contributed by atoms with van der Waals surface area (Å²) < 4.78 is 32.2. The molecular weight excluding hydrogens is 507 g/mol. The molecule has 3 fully saturated rings. The predicted octanol–water partition coefficient (Wildman–Crippen LogP) is 6.54. The first-order valence-corrected chi connectivity index (χ1v) is 14.1. The number of morpholine rings is 1. The third-order valence-electron chi connectivity index (χ3n) is 8.14. The van der Waals surface area contributed by atoms with Crippen LogP contribution in [0, 0.1) is 5.82 Å². The molecule has 2 aliphatic heterocycles. The number of furan rings is 1. The highest BCUT2D eigenvalue weighted by atomic mass is 35.5. The van der Waals surface area contributed by atoms with E-state index < -0.39 is 0 Å². The van der Waals surface area contributed by atoms with Gasteiger partial charge in [-0.25, -0.2) is 4.39 Å². The van der Waals surface area contributed by atoms with E-state index in [0.717, 1.165) is 32.0 Å². The van der Waals surface area contributed by atoms with Gasteiger partial charge in [0.1, 0.15) is 23.3 Å². The normalized spacial score (nSPS) is 23.5. The summed E-state index contributed by atoms with van der Waals surface area (Å²) in [6, 6.07) is 10.4. The molecule has 2 atom stereocenters. The standard InChI is InChI=1S/C30H34ClFN2O4/c1-18-16-34(17-19(2)36-18)30(35)29-28(20-6-8-21(32)9-7-20)24-14-25(31)27(15-26(24)38-29)37-23-10-12-33(13-11-23)22-4-3-5-22/h6-9,14-15,18-19,22-23H,3-5,10-13,16-17H2,1-2H3/t18-,19+. The van der Waals surface area contributed by atoms with Crippen molar-refractivity contribution in [3.05, 3.63) is 53.0 Å². The van der Waals surface area contributed by atoms with E-state index in [0.29, 0.717) is 46.0 Å². The number of halogens is 2.